The van der Waals surface area contributed by atoms with Gasteiger partial charge in [0.1, 0.15) is 5.69 Å². The molecule has 132 valence electrons. The molecule has 1 aromatic heterocycles. The van der Waals surface area contributed by atoms with E-state index in [-0.39, 0.29) is 23.6 Å². The molecule has 1 unspecified atom stereocenters. The molecule has 0 bridgehead atoms. The van der Waals surface area contributed by atoms with Crippen molar-refractivity contribution in [2.75, 3.05) is 13.7 Å². The summed E-state index contributed by atoms with van der Waals surface area (Å²) in [6.07, 6.45) is 1.82. The van der Waals surface area contributed by atoms with Crippen LogP contribution in [0.4, 0.5) is 4.79 Å². The number of aromatic nitrogens is 1. The highest BCUT2D eigenvalue weighted by atomic mass is 16.5. The topological polar surface area (TPSA) is 91.5 Å². The highest BCUT2D eigenvalue weighted by molar-refractivity contribution is 6.06. The van der Waals surface area contributed by atoms with Gasteiger partial charge in [0.15, 0.2) is 5.78 Å². The van der Waals surface area contributed by atoms with Crippen molar-refractivity contribution in [1.82, 2.24) is 15.2 Å². The number of aryl methyl sites for hydroxylation is 1. The van der Waals surface area contributed by atoms with Crippen molar-refractivity contribution in [2.24, 2.45) is 0 Å². The Morgan fingerprint density at radius 2 is 1.96 bits per heavy atom. The number of H-pyrrole nitrogens is 1. The van der Waals surface area contributed by atoms with Crippen LogP contribution < -0.4 is 5.32 Å². The van der Waals surface area contributed by atoms with Crippen molar-refractivity contribution >= 4 is 17.8 Å². The minimum Gasteiger partial charge on any atom is -0.464 e. The fraction of sp³-hybridized carbons (Fsp3) is 0.588. The average molecular weight is 335 g/mol. The van der Waals surface area contributed by atoms with Crippen LogP contribution in [0.15, 0.2) is 0 Å². The summed E-state index contributed by atoms with van der Waals surface area (Å²) in [6.45, 7) is 7.55. The van der Waals surface area contributed by atoms with E-state index in [1.165, 1.54) is 7.11 Å². The largest absolute Gasteiger partial charge is 0.464 e. The normalized spacial score (nSPS) is 14.9. The molecule has 1 saturated carbocycles. The van der Waals surface area contributed by atoms with Crippen LogP contribution in [-0.2, 0) is 4.74 Å². The number of carbonyl (C=O) groups is 3. The number of ketones is 1. The Labute approximate surface area is 141 Å². The van der Waals surface area contributed by atoms with E-state index < -0.39 is 12.0 Å². The van der Waals surface area contributed by atoms with E-state index in [2.05, 4.69) is 10.3 Å². The van der Waals surface area contributed by atoms with E-state index in [0.29, 0.717) is 23.4 Å². The molecular weight excluding hydrogens is 310 g/mol. The molecule has 0 aliphatic heterocycles. The monoisotopic (exact) mass is 335 g/mol. The number of nitrogens with one attached hydrogen (secondary N) is 2. The lowest BCUT2D eigenvalue weighted by molar-refractivity contribution is 0.0593. The molecule has 1 fully saturated rings. The van der Waals surface area contributed by atoms with Crippen LogP contribution in [0.2, 0.25) is 0 Å². The number of carbonyl (C=O) groups excluding carboxylic acids is 3. The maximum Gasteiger partial charge on any atom is 0.354 e. The van der Waals surface area contributed by atoms with Gasteiger partial charge in [-0.25, -0.2) is 9.59 Å². The number of ether oxygens (including phenoxy) is 1. The maximum atomic E-state index is 13.0. The smallest absolute Gasteiger partial charge is 0.354 e. The second kappa shape index (κ2) is 7.07. The van der Waals surface area contributed by atoms with Gasteiger partial charge in [-0.05, 0) is 46.1 Å². The second-order valence-corrected chi connectivity index (χ2v) is 6.13. The van der Waals surface area contributed by atoms with Gasteiger partial charge in [0.2, 0.25) is 0 Å². The summed E-state index contributed by atoms with van der Waals surface area (Å²) in [5.41, 5.74) is 1.90. The predicted molar refractivity (Wildman–Crippen MR) is 89.3 cm³/mol. The van der Waals surface area contributed by atoms with Gasteiger partial charge in [0.25, 0.3) is 0 Å². The summed E-state index contributed by atoms with van der Waals surface area (Å²) in [4.78, 5) is 41.7. The first-order valence-corrected chi connectivity index (χ1v) is 8.21. The maximum absolute atomic E-state index is 13.0. The lowest BCUT2D eigenvalue weighted by Gasteiger charge is -2.28. The molecule has 2 N–H and O–H groups in total. The summed E-state index contributed by atoms with van der Waals surface area (Å²) >= 11 is 0. The minimum absolute atomic E-state index is 0.107. The molecule has 0 spiro atoms. The molecule has 0 radical (unpaired) electrons. The van der Waals surface area contributed by atoms with E-state index in [9.17, 15) is 14.4 Å². The Bertz CT molecular complexity index is 661. The van der Waals surface area contributed by atoms with Crippen LogP contribution in [0, 0.1) is 13.8 Å². The SMILES string of the molecule is CCNC(=O)N(C1CC1)C(C)C(=O)c1c(C)[nH]c(C(=O)OC)c1C. The van der Waals surface area contributed by atoms with Gasteiger partial charge in [-0.2, -0.15) is 0 Å². The molecule has 24 heavy (non-hydrogen) atoms. The standard InChI is InChI=1S/C17H25N3O4/c1-6-18-17(23)20(12-7-8-12)11(4)15(21)13-9(2)14(16(22)24-5)19-10(13)3/h11-12,19H,6-8H2,1-5H3,(H,18,23). The first-order chi connectivity index (χ1) is 11.3. The van der Waals surface area contributed by atoms with Crippen LogP contribution >= 0.6 is 0 Å². The van der Waals surface area contributed by atoms with Crippen molar-refractivity contribution in [3.05, 3.63) is 22.5 Å². The fourth-order valence-corrected chi connectivity index (χ4v) is 3.01. The van der Waals surface area contributed by atoms with Gasteiger partial charge in [-0.15, -0.1) is 0 Å². The minimum atomic E-state index is -0.595. The summed E-state index contributed by atoms with van der Waals surface area (Å²) in [7, 11) is 1.30. The molecule has 1 atom stereocenters. The molecule has 7 nitrogen and oxygen atoms in total. The number of hydrogen-bond acceptors (Lipinski definition) is 4. The first kappa shape index (κ1) is 18.0. The molecule has 1 aromatic rings. The van der Waals surface area contributed by atoms with Gasteiger partial charge in [-0.1, -0.05) is 0 Å². The Hall–Kier alpha value is -2.31. The summed E-state index contributed by atoms with van der Waals surface area (Å²) in [5, 5.41) is 2.77. The van der Waals surface area contributed by atoms with Crippen LogP contribution in [0.3, 0.4) is 0 Å². The Kier molecular flexibility index (Phi) is 5.31. The average Bonchev–Trinajstić information content (AvgIpc) is 3.32. The van der Waals surface area contributed by atoms with Crippen LogP contribution in [0.5, 0.6) is 0 Å². The van der Waals surface area contributed by atoms with E-state index in [4.69, 9.17) is 4.74 Å². The number of methoxy groups -OCH3 is 1. The Balaban J connectivity index is 2.31. The van der Waals surface area contributed by atoms with Crippen LogP contribution in [0.1, 0.15) is 58.8 Å². The molecule has 2 rings (SSSR count). The lowest BCUT2D eigenvalue weighted by atomic mass is 10.00. The number of amides is 2. The molecule has 1 heterocycles. The van der Waals surface area contributed by atoms with Crippen molar-refractivity contribution in [1.29, 1.82) is 0 Å². The van der Waals surface area contributed by atoms with Gasteiger partial charge < -0.3 is 19.9 Å². The summed E-state index contributed by atoms with van der Waals surface area (Å²) in [5.74, 6) is -0.681. The zero-order chi connectivity index (χ0) is 18.0. The van der Waals surface area contributed by atoms with Crippen molar-refractivity contribution in [2.45, 2.75) is 52.6 Å². The van der Waals surface area contributed by atoms with E-state index in [1.807, 2.05) is 6.92 Å². The summed E-state index contributed by atoms with van der Waals surface area (Å²) < 4.78 is 4.74. The van der Waals surface area contributed by atoms with E-state index >= 15 is 0 Å². The number of nitrogens with zero attached hydrogens (tertiary/aromatic N) is 1. The number of Topliss-reactive ketones (excluding diaryl/α,β-unsaturated/α-hetero) is 1. The number of aromatic amines is 1. The molecule has 1 aliphatic carbocycles. The molecule has 0 aromatic carbocycles. The van der Waals surface area contributed by atoms with E-state index in [0.717, 1.165) is 12.8 Å². The fourth-order valence-electron chi connectivity index (χ4n) is 3.01. The zero-order valence-corrected chi connectivity index (χ0v) is 14.9. The van der Waals surface area contributed by atoms with Crippen LogP contribution in [-0.4, -0.2) is 53.4 Å². The number of rotatable bonds is 6. The molecule has 1 aliphatic rings. The molecule has 7 heteroatoms. The zero-order valence-electron chi connectivity index (χ0n) is 14.9. The van der Waals surface area contributed by atoms with Gasteiger partial charge in [0.05, 0.1) is 13.2 Å². The second-order valence-electron chi connectivity index (χ2n) is 6.13. The quantitative estimate of drug-likeness (QED) is 0.616. The van der Waals surface area contributed by atoms with Gasteiger partial charge >= 0.3 is 12.0 Å². The van der Waals surface area contributed by atoms with Crippen molar-refractivity contribution < 1.29 is 19.1 Å². The highest BCUT2D eigenvalue weighted by Crippen LogP contribution is 2.31. The number of urea groups is 1. The summed E-state index contributed by atoms with van der Waals surface area (Å²) in [6, 6.07) is -0.710. The number of hydrogen-bond donors (Lipinski definition) is 2. The first-order valence-electron chi connectivity index (χ1n) is 8.21. The van der Waals surface area contributed by atoms with Crippen molar-refractivity contribution in [3.63, 3.8) is 0 Å². The van der Waals surface area contributed by atoms with Gasteiger partial charge in [-0.3, -0.25) is 4.79 Å². The highest BCUT2D eigenvalue weighted by Gasteiger charge is 2.39. The van der Waals surface area contributed by atoms with Crippen LogP contribution in [0.25, 0.3) is 0 Å². The molecule has 2 amide bonds. The van der Waals surface area contributed by atoms with Crippen molar-refractivity contribution in [3.8, 4) is 0 Å². The number of esters is 1. The van der Waals surface area contributed by atoms with Gasteiger partial charge in [0, 0.05) is 23.8 Å². The molecule has 0 saturated heterocycles. The third kappa shape index (κ3) is 3.29. The third-order valence-electron chi connectivity index (χ3n) is 4.37. The third-order valence-corrected chi connectivity index (χ3v) is 4.37. The Morgan fingerprint density at radius 1 is 1.33 bits per heavy atom. The molecular formula is C17H25N3O4. The lowest BCUT2D eigenvalue weighted by Crippen LogP contribution is -2.49. The Morgan fingerprint density at radius 3 is 2.46 bits per heavy atom. The van der Waals surface area contributed by atoms with E-state index in [1.54, 1.807) is 25.7 Å². The predicted octanol–water partition coefficient (Wildman–Crippen LogP) is 2.18.